The van der Waals surface area contributed by atoms with Crippen LogP contribution < -0.4 is 9.47 Å². The van der Waals surface area contributed by atoms with Crippen molar-refractivity contribution in [3.63, 3.8) is 0 Å². The monoisotopic (exact) mass is 251 g/mol. The van der Waals surface area contributed by atoms with Crippen LogP contribution in [-0.4, -0.2) is 18.7 Å². The fourth-order valence-corrected chi connectivity index (χ4v) is 2.16. The Morgan fingerprint density at radius 1 is 1.35 bits per heavy atom. The van der Waals surface area contributed by atoms with E-state index in [-0.39, 0.29) is 0 Å². The molecule has 1 aromatic heterocycles. The number of methoxy groups -OCH3 is 1. The number of fused-ring (bicyclic) bond motifs is 1. The number of ether oxygens (including phenoxy) is 2. The molecule has 0 saturated carbocycles. The minimum Gasteiger partial charge on any atom is -0.497 e. The molecular weight excluding hydrogens is 238 g/mol. The molecule has 4 heteroatoms. The minimum absolute atomic E-state index is 0.489. The van der Waals surface area contributed by atoms with Crippen LogP contribution in [0, 0.1) is 6.92 Å². The van der Waals surface area contributed by atoms with Crippen molar-refractivity contribution in [2.75, 3.05) is 13.7 Å². The third kappa shape index (κ3) is 2.15. The first-order chi connectivity index (χ1) is 8.17. The molecule has 0 radical (unpaired) electrons. The highest BCUT2D eigenvalue weighted by Crippen LogP contribution is 2.35. The topological polar surface area (TPSA) is 31.4 Å². The van der Waals surface area contributed by atoms with Crippen molar-refractivity contribution < 1.29 is 9.47 Å². The molecule has 0 unspecified atom stereocenters. The van der Waals surface area contributed by atoms with Gasteiger partial charge in [-0.25, -0.2) is 4.98 Å². The lowest BCUT2D eigenvalue weighted by Gasteiger charge is -2.11. The van der Waals surface area contributed by atoms with Crippen LogP contribution in [0.2, 0.25) is 5.15 Å². The van der Waals surface area contributed by atoms with Gasteiger partial charge in [-0.1, -0.05) is 11.6 Å². The zero-order chi connectivity index (χ0) is 12.4. The molecule has 17 heavy (non-hydrogen) atoms. The van der Waals surface area contributed by atoms with Crippen LogP contribution in [0.3, 0.4) is 0 Å². The van der Waals surface area contributed by atoms with E-state index in [1.165, 1.54) is 0 Å². The van der Waals surface area contributed by atoms with Crippen LogP contribution in [0.25, 0.3) is 10.8 Å². The average Bonchev–Trinajstić information content (AvgIpc) is 2.32. The second kappa shape index (κ2) is 4.80. The summed E-state index contributed by atoms with van der Waals surface area (Å²) in [5.41, 5.74) is 1.03. The molecule has 0 fully saturated rings. The summed E-state index contributed by atoms with van der Waals surface area (Å²) in [5.74, 6) is 1.52. The van der Waals surface area contributed by atoms with Gasteiger partial charge in [0.25, 0.3) is 0 Å². The van der Waals surface area contributed by atoms with E-state index in [2.05, 4.69) is 4.98 Å². The van der Waals surface area contributed by atoms with Gasteiger partial charge in [0.15, 0.2) is 0 Å². The van der Waals surface area contributed by atoms with Gasteiger partial charge in [-0.2, -0.15) is 0 Å². The maximum absolute atomic E-state index is 6.12. The van der Waals surface area contributed by atoms with Gasteiger partial charge < -0.3 is 9.47 Å². The molecule has 0 aliphatic rings. The first-order valence-corrected chi connectivity index (χ1v) is 5.80. The third-order valence-corrected chi connectivity index (χ3v) is 2.90. The summed E-state index contributed by atoms with van der Waals surface area (Å²) in [6.45, 7) is 4.51. The molecule has 0 saturated heterocycles. The van der Waals surface area contributed by atoms with Crippen LogP contribution in [-0.2, 0) is 0 Å². The van der Waals surface area contributed by atoms with Crippen LogP contribution in [0.1, 0.15) is 12.5 Å². The summed E-state index contributed by atoms with van der Waals surface area (Å²) in [6, 6.07) is 3.85. The number of rotatable bonds is 3. The summed E-state index contributed by atoms with van der Waals surface area (Å²) in [7, 11) is 1.64. The normalized spacial score (nSPS) is 10.6. The minimum atomic E-state index is 0.489. The molecule has 1 aromatic carbocycles. The van der Waals surface area contributed by atoms with Gasteiger partial charge >= 0.3 is 0 Å². The lowest BCUT2D eigenvalue weighted by atomic mass is 10.1. The van der Waals surface area contributed by atoms with Crippen molar-refractivity contribution in [1.29, 1.82) is 0 Å². The Morgan fingerprint density at radius 3 is 2.76 bits per heavy atom. The summed E-state index contributed by atoms with van der Waals surface area (Å²) in [4.78, 5) is 4.14. The molecule has 0 spiro atoms. The van der Waals surface area contributed by atoms with E-state index in [0.717, 1.165) is 27.8 Å². The number of aryl methyl sites for hydroxylation is 1. The summed E-state index contributed by atoms with van der Waals surface area (Å²) >= 11 is 6.12. The molecule has 0 aliphatic carbocycles. The van der Waals surface area contributed by atoms with Crippen LogP contribution in [0.4, 0.5) is 0 Å². The quantitative estimate of drug-likeness (QED) is 0.781. The summed E-state index contributed by atoms with van der Waals surface area (Å²) in [6.07, 6.45) is 1.65. The Balaban J connectivity index is 2.77. The van der Waals surface area contributed by atoms with Gasteiger partial charge in [0.1, 0.15) is 16.7 Å². The third-order valence-electron chi connectivity index (χ3n) is 2.61. The molecule has 0 N–H and O–H groups in total. The second-order valence-electron chi connectivity index (χ2n) is 3.71. The lowest BCUT2D eigenvalue weighted by molar-refractivity contribution is 0.343. The largest absolute Gasteiger partial charge is 0.497 e. The van der Waals surface area contributed by atoms with E-state index in [0.29, 0.717) is 11.8 Å². The summed E-state index contributed by atoms with van der Waals surface area (Å²) in [5, 5.41) is 2.34. The predicted molar refractivity (Wildman–Crippen MR) is 69.2 cm³/mol. The number of benzene rings is 1. The van der Waals surface area contributed by atoms with Gasteiger partial charge in [0.05, 0.1) is 19.9 Å². The van der Waals surface area contributed by atoms with Gasteiger partial charge in [-0.3, -0.25) is 0 Å². The number of hydrogen-bond donors (Lipinski definition) is 0. The van der Waals surface area contributed by atoms with Crippen molar-refractivity contribution in [3.05, 3.63) is 29.0 Å². The van der Waals surface area contributed by atoms with Gasteiger partial charge in [-0.15, -0.1) is 0 Å². The highest BCUT2D eigenvalue weighted by atomic mass is 35.5. The van der Waals surface area contributed by atoms with Crippen molar-refractivity contribution >= 4 is 22.4 Å². The van der Waals surface area contributed by atoms with Crippen molar-refractivity contribution in [2.24, 2.45) is 0 Å². The number of halogens is 1. The van der Waals surface area contributed by atoms with Crippen LogP contribution in [0.15, 0.2) is 18.3 Å². The molecule has 90 valence electrons. The van der Waals surface area contributed by atoms with Gasteiger partial charge in [-0.05, 0) is 31.5 Å². The van der Waals surface area contributed by atoms with Crippen LogP contribution in [0.5, 0.6) is 11.5 Å². The number of hydrogen-bond acceptors (Lipinski definition) is 3. The van der Waals surface area contributed by atoms with E-state index in [1.807, 2.05) is 26.0 Å². The fraction of sp³-hybridized carbons (Fsp3) is 0.308. The Labute approximate surface area is 105 Å². The molecule has 0 amide bonds. The van der Waals surface area contributed by atoms with Crippen molar-refractivity contribution in [3.8, 4) is 11.5 Å². The second-order valence-corrected chi connectivity index (χ2v) is 4.07. The molecule has 0 bridgehead atoms. The SMILES string of the molecule is CCOc1cnc(Cl)c2c(C)cc(OC)cc12. The zero-order valence-electron chi connectivity index (χ0n) is 10.1. The predicted octanol–water partition coefficient (Wildman–Crippen LogP) is 3.60. The Bertz CT molecular complexity index is 555. The molecule has 3 nitrogen and oxygen atoms in total. The molecule has 2 aromatic rings. The fourth-order valence-electron chi connectivity index (χ4n) is 1.86. The number of nitrogens with zero attached hydrogens (tertiary/aromatic N) is 1. The molecule has 0 atom stereocenters. The Hall–Kier alpha value is -1.48. The van der Waals surface area contributed by atoms with Gasteiger partial charge in [0.2, 0.25) is 0 Å². The van der Waals surface area contributed by atoms with E-state index >= 15 is 0 Å². The Morgan fingerprint density at radius 2 is 2.12 bits per heavy atom. The smallest absolute Gasteiger partial charge is 0.145 e. The number of aromatic nitrogens is 1. The lowest BCUT2D eigenvalue weighted by Crippen LogP contribution is -1.96. The average molecular weight is 252 g/mol. The molecular formula is C13H14ClNO2. The Kier molecular flexibility index (Phi) is 3.38. The zero-order valence-corrected chi connectivity index (χ0v) is 10.8. The highest BCUT2D eigenvalue weighted by molar-refractivity contribution is 6.34. The van der Waals surface area contributed by atoms with Crippen molar-refractivity contribution in [2.45, 2.75) is 13.8 Å². The first kappa shape index (κ1) is 12.0. The van der Waals surface area contributed by atoms with E-state index < -0.39 is 0 Å². The van der Waals surface area contributed by atoms with E-state index in [1.54, 1.807) is 13.3 Å². The van der Waals surface area contributed by atoms with E-state index in [9.17, 15) is 0 Å². The van der Waals surface area contributed by atoms with Crippen molar-refractivity contribution in [1.82, 2.24) is 4.98 Å². The molecule has 2 rings (SSSR count). The van der Waals surface area contributed by atoms with Crippen LogP contribution >= 0.6 is 11.6 Å². The maximum atomic E-state index is 6.12. The first-order valence-electron chi connectivity index (χ1n) is 5.43. The summed E-state index contributed by atoms with van der Waals surface area (Å²) < 4.78 is 10.8. The van der Waals surface area contributed by atoms with Gasteiger partial charge in [0, 0.05) is 10.8 Å². The number of pyridine rings is 1. The highest BCUT2D eigenvalue weighted by Gasteiger charge is 2.11. The molecule has 0 aliphatic heterocycles. The van der Waals surface area contributed by atoms with E-state index in [4.69, 9.17) is 21.1 Å². The molecule has 1 heterocycles. The standard InChI is InChI=1S/C13H14ClNO2/c1-4-17-11-7-15-13(14)12-8(2)5-9(16-3)6-10(11)12/h5-7H,4H2,1-3H3. The maximum Gasteiger partial charge on any atom is 0.145 e.